The molecule has 0 saturated carbocycles. The zero-order chi connectivity index (χ0) is 8.58. The zero-order valence-electron chi connectivity index (χ0n) is 8.39. The SMILES string of the molecule is CN(C)C(C)(C)C(C)(C)O.[Zr]. The predicted molar refractivity (Wildman–Crippen MR) is 44.1 cm³/mol. The molecule has 0 aliphatic carbocycles. The van der Waals surface area contributed by atoms with Crippen LogP contribution in [0.2, 0.25) is 0 Å². The Hall–Kier alpha value is 0.803. The van der Waals surface area contributed by atoms with Crippen molar-refractivity contribution < 1.29 is 31.3 Å². The molecule has 0 aliphatic rings. The summed E-state index contributed by atoms with van der Waals surface area (Å²) < 4.78 is 0. The second-order valence-corrected chi connectivity index (χ2v) is 4.01. The van der Waals surface area contributed by atoms with Crippen molar-refractivity contribution in [2.45, 2.75) is 38.8 Å². The molecule has 1 N–H and O–H groups in total. The molecule has 0 heterocycles. The van der Waals surface area contributed by atoms with Gasteiger partial charge in [0.15, 0.2) is 0 Å². The Labute approximate surface area is 89.1 Å². The third-order valence-corrected chi connectivity index (χ3v) is 2.62. The maximum absolute atomic E-state index is 9.67. The van der Waals surface area contributed by atoms with Crippen LogP contribution in [0.25, 0.3) is 0 Å². The molecule has 0 rings (SSSR count). The molecule has 0 radical (unpaired) electrons. The van der Waals surface area contributed by atoms with Crippen LogP contribution in [0.1, 0.15) is 27.7 Å². The zero-order valence-corrected chi connectivity index (χ0v) is 10.9. The van der Waals surface area contributed by atoms with Crippen molar-refractivity contribution in [1.82, 2.24) is 4.90 Å². The molecule has 11 heavy (non-hydrogen) atoms. The molecule has 3 heteroatoms. The Bertz CT molecular complexity index is 116. The molecule has 0 unspecified atom stereocenters. The first kappa shape index (κ1) is 14.3. The molecule has 0 saturated heterocycles. The van der Waals surface area contributed by atoms with E-state index in [1.807, 2.05) is 46.7 Å². The molecule has 0 bridgehead atoms. The maximum Gasteiger partial charge on any atom is 0.0768 e. The Kier molecular flexibility index (Phi) is 5.42. The molecule has 0 aromatic heterocycles. The maximum atomic E-state index is 9.67. The fourth-order valence-electron chi connectivity index (χ4n) is 0.547. The number of nitrogens with zero attached hydrogens (tertiary/aromatic N) is 1. The molecule has 0 amide bonds. The van der Waals surface area contributed by atoms with Crippen molar-refractivity contribution >= 4 is 0 Å². The summed E-state index contributed by atoms with van der Waals surface area (Å²) >= 11 is 0. The van der Waals surface area contributed by atoms with Gasteiger partial charge in [0.25, 0.3) is 0 Å². The molecule has 2 nitrogen and oxygen atoms in total. The minimum atomic E-state index is -0.656. The minimum Gasteiger partial charge on any atom is -0.389 e. The van der Waals surface area contributed by atoms with Crippen molar-refractivity contribution in [2.75, 3.05) is 14.1 Å². The quantitative estimate of drug-likeness (QED) is 0.776. The third kappa shape index (κ3) is 3.35. The van der Waals surface area contributed by atoms with E-state index >= 15 is 0 Å². The van der Waals surface area contributed by atoms with Crippen LogP contribution in [0.3, 0.4) is 0 Å². The fraction of sp³-hybridized carbons (Fsp3) is 1.00. The molecule has 0 aromatic carbocycles. The first-order valence-corrected chi connectivity index (χ1v) is 3.59. The van der Waals surface area contributed by atoms with Crippen LogP contribution in [0, 0.1) is 0 Å². The monoisotopic (exact) mass is 235 g/mol. The van der Waals surface area contributed by atoms with Gasteiger partial charge in [-0.2, -0.15) is 0 Å². The number of aliphatic hydroxyl groups is 1. The van der Waals surface area contributed by atoms with Crippen LogP contribution in [-0.4, -0.2) is 35.2 Å². The largest absolute Gasteiger partial charge is 0.389 e. The summed E-state index contributed by atoms with van der Waals surface area (Å²) in [5, 5.41) is 9.67. The Morgan fingerprint density at radius 1 is 1.00 bits per heavy atom. The van der Waals surface area contributed by atoms with E-state index in [0.717, 1.165) is 0 Å². The van der Waals surface area contributed by atoms with Crippen molar-refractivity contribution in [3.05, 3.63) is 0 Å². The first-order valence-electron chi connectivity index (χ1n) is 3.59. The van der Waals surface area contributed by atoms with Gasteiger partial charge in [0.2, 0.25) is 0 Å². The van der Waals surface area contributed by atoms with E-state index in [4.69, 9.17) is 0 Å². The Balaban J connectivity index is 0. The number of hydrogen-bond acceptors (Lipinski definition) is 2. The Morgan fingerprint density at radius 3 is 1.27 bits per heavy atom. The molecular weight excluding hydrogens is 217 g/mol. The standard InChI is InChI=1S/C8H19NO.Zr/c1-7(2,9(5)6)8(3,4)10;/h10H,1-6H3;. The summed E-state index contributed by atoms with van der Waals surface area (Å²) in [4.78, 5) is 2.02. The van der Waals surface area contributed by atoms with Crippen LogP contribution in [0.5, 0.6) is 0 Å². The van der Waals surface area contributed by atoms with E-state index in [1.165, 1.54) is 0 Å². The summed E-state index contributed by atoms with van der Waals surface area (Å²) in [6.07, 6.45) is 0. The molecule has 66 valence electrons. The van der Waals surface area contributed by atoms with Crippen molar-refractivity contribution in [3.63, 3.8) is 0 Å². The third-order valence-electron chi connectivity index (χ3n) is 2.62. The van der Waals surface area contributed by atoms with Crippen LogP contribution in [0.4, 0.5) is 0 Å². The second-order valence-electron chi connectivity index (χ2n) is 4.01. The normalized spacial score (nSPS) is 13.1. The molecule has 0 aromatic rings. The van der Waals surface area contributed by atoms with Crippen LogP contribution >= 0.6 is 0 Å². The van der Waals surface area contributed by atoms with Crippen molar-refractivity contribution in [2.24, 2.45) is 0 Å². The van der Waals surface area contributed by atoms with Crippen LogP contribution in [-0.2, 0) is 26.2 Å². The van der Waals surface area contributed by atoms with Crippen molar-refractivity contribution in [3.8, 4) is 0 Å². The summed E-state index contributed by atoms with van der Waals surface area (Å²) in [6, 6.07) is 0. The van der Waals surface area contributed by atoms with Gasteiger partial charge in [0.1, 0.15) is 0 Å². The van der Waals surface area contributed by atoms with Gasteiger partial charge in [-0.3, -0.25) is 0 Å². The second kappa shape index (κ2) is 4.16. The average molecular weight is 236 g/mol. The van der Waals surface area contributed by atoms with Gasteiger partial charge in [-0.1, -0.05) is 0 Å². The van der Waals surface area contributed by atoms with Crippen LogP contribution < -0.4 is 0 Å². The number of rotatable bonds is 2. The van der Waals surface area contributed by atoms with Gasteiger partial charge < -0.3 is 10.0 Å². The number of likely N-dealkylation sites (N-methyl/N-ethyl adjacent to an activating group) is 1. The van der Waals surface area contributed by atoms with Gasteiger partial charge in [-0.05, 0) is 41.8 Å². The summed E-state index contributed by atoms with van der Waals surface area (Å²) in [5.41, 5.74) is -0.830. The summed E-state index contributed by atoms with van der Waals surface area (Å²) in [6.45, 7) is 7.69. The van der Waals surface area contributed by atoms with Gasteiger partial charge in [-0.25, -0.2) is 0 Å². The molecule has 0 fully saturated rings. The van der Waals surface area contributed by atoms with Gasteiger partial charge in [0.05, 0.1) is 5.60 Å². The van der Waals surface area contributed by atoms with Gasteiger partial charge in [0, 0.05) is 31.7 Å². The Morgan fingerprint density at radius 2 is 1.27 bits per heavy atom. The first-order chi connectivity index (χ1) is 4.19. The van der Waals surface area contributed by atoms with E-state index in [2.05, 4.69) is 0 Å². The van der Waals surface area contributed by atoms with Gasteiger partial charge in [-0.15, -0.1) is 0 Å². The topological polar surface area (TPSA) is 23.5 Å². The molecule has 0 spiro atoms. The minimum absolute atomic E-state index is 0. The van der Waals surface area contributed by atoms with E-state index < -0.39 is 5.60 Å². The van der Waals surface area contributed by atoms with E-state index in [1.54, 1.807) is 0 Å². The summed E-state index contributed by atoms with van der Waals surface area (Å²) in [5.74, 6) is 0. The van der Waals surface area contributed by atoms with Crippen LogP contribution in [0.15, 0.2) is 0 Å². The van der Waals surface area contributed by atoms with E-state index in [9.17, 15) is 5.11 Å². The molecule has 0 atom stereocenters. The number of hydrogen-bond donors (Lipinski definition) is 1. The van der Waals surface area contributed by atoms with Crippen molar-refractivity contribution in [1.29, 1.82) is 0 Å². The smallest absolute Gasteiger partial charge is 0.0768 e. The average Bonchev–Trinajstić information content (AvgIpc) is 1.62. The fourth-order valence-corrected chi connectivity index (χ4v) is 0.547. The van der Waals surface area contributed by atoms with Gasteiger partial charge >= 0.3 is 0 Å². The predicted octanol–water partition coefficient (Wildman–Crippen LogP) is 1.09. The molecule has 0 aliphatic heterocycles. The molecular formula is C8H19NOZr. The van der Waals surface area contributed by atoms with E-state index in [0.29, 0.717) is 0 Å². The van der Waals surface area contributed by atoms with E-state index in [-0.39, 0.29) is 31.7 Å². The summed E-state index contributed by atoms with van der Waals surface area (Å²) in [7, 11) is 3.94.